The second-order valence-electron chi connectivity index (χ2n) is 9.36. The fourth-order valence-corrected chi connectivity index (χ4v) is 4.69. The number of carbonyl (C=O) groups is 1. The van der Waals surface area contributed by atoms with Gasteiger partial charge in [0.25, 0.3) is 23.4 Å². The van der Waals surface area contributed by atoms with Gasteiger partial charge >= 0.3 is 0 Å². The number of aromatic nitrogens is 1. The molecule has 22 heteroatoms. The Hall–Kier alpha value is -4.78. The third-order valence-electron chi connectivity index (χ3n) is 6.57. The average molecular weight is 665 g/mol. The molecular formula is C23H28N4O17S. The van der Waals surface area contributed by atoms with Crippen molar-refractivity contribution in [2.24, 2.45) is 0 Å². The molecule has 1 aromatic heterocycles. The van der Waals surface area contributed by atoms with Crippen LogP contribution in [0.2, 0.25) is 0 Å². The lowest BCUT2D eigenvalue weighted by Crippen LogP contribution is -2.62. The molecule has 0 aliphatic rings. The van der Waals surface area contributed by atoms with E-state index in [1.807, 2.05) is 0 Å². The lowest BCUT2D eigenvalue weighted by atomic mass is 9.96. The zero-order valence-electron chi connectivity index (χ0n) is 22.7. The molecule has 3 aromatic rings. The molecule has 45 heavy (non-hydrogen) atoms. The van der Waals surface area contributed by atoms with Crippen molar-refractivity contribution in [1.82, 2.24) is 10.3 Å². The number of nitrogens with zero attached hydrogens (tertiary/aromatic N) is 1. The summed E-state index contributed by atoms with van der Waals surface area (Å²) in [7, 11) is 0.993. The maximum Gasteiger partial charge on any atom is 0.294 e. The predicted molar refractivity (Wildman–Crippen MR) is 145 cm³/mol. The zero-order valence-corrected chi connectivity index (χ0v) is 23.6. The number of thiazole rings is 1. The van der Waals surface area contributed by atoms with Crippen molar-refractivity contribution < 1.29 is 86.1 Å². The van der Waals surface area contributed by atoms with Crippen molar-refractivity contribution in [3.05, 3.63) is 22.4 Å². The van der Waals surface area contributed by atoms with Gasteiger partial charge in [-0.15, -0.1) is 0 Å². The van der Waals surface area contributed by atoms with Crippen LogP contribution >= 0.6 is 11.3 Å². The second kappa shape index (κ2) is 11.6. The molecule has 0 radical (unpaired) electrons. The van der Waals surface area contributed by atoms with Crippen LogP contribution in [0.3, 0.4) is 0 Å². The van der Waals surface area contributed by atoms with Gasteiger partial charge in [-0.25, -0.2) is 4.98 Å². The summed E-state index contributed by atoms with van der Waals surface area (Å²) in [5.41, 5.74) is 0.324. The molecule has 0 saturated carbocycles. The number of benzene rings is 2. The van der Waals surface area contributed by atoms with Crippen LogP contribution in [0.1, 0.15) is 28.5 Å². The van der Waals surface area contributed by atoms with Gasteiger partial charge in [-0.3, -0.25) is 10.1 Å². The number of amides is 1. The first-order valence-electron chi connectivity index (χ1n) is 11.9. The number of aliphatic hydroxyl groups is 6. The molecule has 1 amide bonds. The van der Waals surface area contributed by atoms with Gasteiger partial charge in [-0.2, -0.15) is 0 Å². The monoisotopic (exact) mass is 664 g/mol. The number of nitrogens with one attached hydrogen (secondary N) is 2. The highest BCUT2D eigenvalue weighted by Crippen LogP contribution is 2.55. The van der Waals surface area contributed by atoms with E-state index in [1.54, 1.807) is 5.32 Å². The van der Waals surface area contributed by atoms with Crippen molar-refractivity contribution in [2.45, 2.75) is 30.5 Å². The Bertz CT molecular complexity index is 1600. The van der Waals surface area contributed by atoms with Crippen LogP contribution in [0, 0.1) is 6.92 Å². The number of aromatic hydroxyl groups is 9. The Kier molecular flexibility index (Phi) is 8.96. The predicted octanol–water partition coefficient (Wildman–Crippen LogP) is -3.09. The molecule has 0 spiro atoms. The lowest BCUT2D eigenvalue weighted by Gasteiger charge is -2.37. The summed E-state index contributed by atoms with van der Waals surface area (Å²) in [5, 5.41) is 156. The number of methoxy groups -OCH3 is 1. The number of nitrogens with two attached hydrogens (primary N) is 1. The molecule has 2 aromatic carbocycles. The number of carbonyl (C=O) groups excluding carboxylic acids is 1. The summed E-state index contributed by atoms with van der Waals surface area (Å²) in [4.78, 5) is 15.9. The quantitative estimate of drug-likeness (QED) is 0.0580. The molecule has 1 atom stereocenters. The number of nitrogen functional groups attached to an aromatic ring is 1. The van der Waals surface area contributed by atoms with E-state index in [0.717, 1.165) is 14.0 Å². The molecular weight excluding hydrogens is 636 g/mol. The van der Waals surface area contributed by atoms with Gasteiger partial charge in [-0.1, -0.05) is 11.3 Å². The van der Waals surface area contributed by atoms with Crippen LogP contribution in [0.4, 0.5) is 10.8 Å². The van der Waals surface area contributed by atoms with Gasteiger partial charge in [0.05, 0.1) is 6.10 Å². The molecule has 0 saturated heterocycles. The number of anilines is 2. The highest BCUT2D eigenvalue weighted by atomic mass is 32.1. The Morgan fingerprint density at radius 1 is 0.844 bits per heavy atom. The summed E-state index contributed by atoms with van der Waals surface area (Å²) in [6, 6.07) is 0. The minimum Gasteiger partial charge on any atom is -0.504 e. The third kappa shape index (κ3) is 5.63. The first-order chi connectivity index (χ1) is 20.5. The Morgan fingerprint density at radius 2 is 1.36 bits per heavy atom. The summed E-state index contributed by atoms with van der Waals surface area (Å²) < 4.78 is 5.07. The summed E-state index contributed by atoms with van der Waals surface area (Å²) in [6.45, 7) is 0.193. The molecule has 248 valence electrons. The van der Waals surface area contributed by atoms with E-state index in [9.17, 15) is 81.4 Å². The van der Waals surface area contributed by atoms with Crippen molar-refractivity contribution in [3.8, 4) is 51.1 Å². The van der Waals surface area contributed by atoms with Crippen LogP contribution in [0.5, 0.6) is 51.1 Å². The van der Waals surface area contributed by atoms with E-state index in [-0.39, 0.29) is 5.56 Å². The summed E-state index contributed by atoms with van der Waals surface area (Å²) >= 11 is 0.329. The van der Waals surface area contributed by atoms with Crippen LogP contribution < -0.4 is 16.4 Å². The first kappa shape index (κ1) is 34.7. The van der Waals surface area contributed by atoms with Crippen LogP contribution in [0.15, 0.2) is 0 Å². The molecule has 0 fully saturated rings. The van der Waals surface area contributed by atoms with E-state index >= 15 is 0 Å². The fraction of sp³-hybridized carbons (Fsp3) is 0.304. The van der Waals surface area contributed by atoms with Crippen molar-refractivity contribution >= 4 is 28.1 Å². The van der Waals surface area contributed by atoms with Crippen molar-refractivity contribution in [1.29, 1.82) is 0 Å². The number of phenols is 8. The van der Waals surface area contributed by atoms with Gasteiger partial charge in [0.15, 0.2) is 45.3 Å². The Labute approximate surface area is 253 Å². The van der Waals surface area contributed by atoms with E-state index in [0.29, 0.717) is 11.3 Å². The first-order valence-corrected chi connectivity index (χ1v) is 12.7. The number of rotatable bonds is 10. The number of phenolic OH excluding ortho intramolecular Hbond substituents is 8. The third-order valence-corrected chi connectivity index (χ3v) is 7.26. The molecule has 1 unspecified atom stereocenters. The normalized spacial score (nSPS) is 13.2. The van der Waals surface area contributed by atoms with Crippen LogP contribution in [-0.2, 0) is 21.1 Å². The molecule has 0 aliphatic heterocycles. The minimum atomic E-state index is -4.30. The van der Waals surface area contributed by atoms with Gasteiger partial charge in [0.1, 0.15) is 11.3 Å². The van der Waals surface area contributed by atoms with Crippen LogP contribution in [0.25, 0.3) is 0 Å². The summed E-state index contributed by atoms with van der Waals surface area (Å²) in [5.74, 6) is -25.3. The largest absolute Gasteiger partial charge is 0.504 e. The number of ether oxygens (including phenoxy) is 1. The Balaban J connectivity index is 1.98. The number of hydrogen-bond acceptors (Lipinski definition) is 21. The van der Waals surface area contributed by atoms with E-state index < -0.39 is 115 Å². The molecule has 21 nitrogen and oxygen atoms in total. The smallest absolute Gasteiger partial charge is 0.294 e. The van der Waals surface area contributed by atoms with E-state index in [2.05, 4.69) is 4.98 Å². The standard InChI is InChI=1S/C23H28N4O17S/c1-4-6(10(29)16(35)15(34)9(4)28)5(44-2)3-25-23(42,43)22(40,41)7-11(30)13(32)8(14(33)12(7)31)26-19(37)21(38,39)17-18(36)45-20(24)27-17/h5,25,28-36,38-43H,3H2,1-2H3,(H2,24,27)(H,26,37). The number of hydrogen-bond donors (Lipinski definition) is 18. The topological polar surface area (TPSA) is 393 Å². The molecule has 0 aliphatic carbocycles. The van der Waals surface area contributed by atoms with Crippen molar-refractivity contribution in [3.63, 3.8) is 0 Å². The average Bonchev–Trinajstić information content (AvgIpc) is 3.31. The van der Waals surface area contributed by atoms with Crippen LogP contribution in [-0.4, -0.2) is 107 Å². The maximum absolute atomic E-state index is 12.5. The Morgan fingerprint density at radius 3 is 1.82 bits per heavy atom. The second-order valence-corrected chi connectivity index (χ2v) is 10.4. The SMILES string of the molecule is COC(CNC(O)(O)C(O)(O)c1c(O)c(O)c(NC(=O)C(O)(O)c2nc(N)sc2O)c(O)c1O)c1c(C)c(O)c(O)c(O)c1O. The highest BCUT2D eigenvalue weighted by Gasteiger charge is 2.54. The maximum atomic E-state index is 12.5. The van der Waals surface area contributed by atoms with Gasteiger partial charge < -0.3 is 92.4 Å². The zero-order chi connectivity index (χ0) is 34.6. The molecule has 3 rings (SSSR count). The van der Waals surface area contributed by atoms with Gasteiger partial charge in [-0.05, 0) is 6.92 Å². The highest BCUT2D eigenvalue weighted by molar-refractivity contribution is 7.17. The fourth-order valence-electron chi connectivity index (χ4n) is 4.07. The molecule has 1 heterocycles. The molecule has 19 N–H and O–H groups in total. The van der Waals surface area contributed by atoms with Gasteiger partial charge in [0, 0.05) is 24.8 Å². The van der Waals surface area contributed by atoms with E-state index in [1.165, 1.54) is 5.32 Å². The minimum absolute atomic E-state index is 0.275. The summed E-state index contributed by atoms with van der Waals surface area (Å²) in [6.07, 6.45) is -1.58. The van der Waals surface area contributed by atoms with Gasteiger partial charge in [0.2, 0.25) is 16.6 Å². The molecule has 0 bridgehead atoms. The van der Waals surface area contributed by atoms with E-state index in [4.69, 9.17) is 10.5 Å². The lowest BCUT2D eigenvalue weighted by molar-refractivity contribution is -0.380. The van der Waals surface area contributed by atoms with Crippen molar-refractivity contribution in [2.75, 3.05) is 24.7 Å².